The van der Waals surface area contributed by atoms with Crippen molar-refractivity contribution in [3.63, 3.8) is 0 Å². The van der Waals surface area contributed by atoms with Crippen LogP contribution in [-0.4, -0.2) is 38.8 Å². The topological polar surface area (TPSA) is 123 Å². The van der Waals surface area contributed by atoms with E-state index in [4.69, 9.17) is 9.47 Å². The number of hydrogen-bond acceptors (Lipinski definition) is 7. The highest BCUT2D eigenvalue weighted by atomic mass is 32.2. The van der Waals surface area contributed by atoms with E-state index in [1.54, 1.807) is 65.8 Å². The second-order valence-electron chi connectivity index (χ2n) is 11.8. The molecular weight excluding hydrogens is 581 g/mol. The predicted octanol–water partition coefficient (Wildman–Crippen LogP) is 8.08. The highest BCUT2D eigenvalue weighted by Gasteiger charge is 2.36. The zero-order valence-corrected chi connectivity index (χ0v) is 25.9. The van der Waals surface area contributed by atoms with Crippen LogP contribution in [0.15, 0.2) is 63.9 Å². The minimum Gasteiger partial charge on any atom is -0.444 e. The Balaban J connectivity index is 1.60. The molecule has 0 saturated heterocycles. The lowest BCUT2D eigenvalue weighted by atomic mass is 10.1. The van der Waals surface area contributed by atoms with Gasteiger partial charge in [0.25, 0.3) is 5.91 Å². The molecular formula is C30H34FN3O6S2. The summed E-state index contributed by atoms with van der Waals surface area (Å²) in [5, 5.41) is 4.82. The SMILES string of the molecule is CC(C)(C)OC(=O)N=S(=O)(c1ccc(C(=O)Nc2cc(-c3ccc(F)s3)ccc2NC(=O)OC(C)(C)C)cc1)C1CC1. The van der Waals surface area contributed by atoms with Crippen LogP contribution in [0.1, 0.15) is 64.7 Å². The largest absolute Gasteiger partial charge is 0.444 e. The quantitative estimate of drug-likeness (QED) is 0.289. The van der Waals surface area contributed by atoms with Crippen LogP contribution in [0.3, 0.4) is 0 Å². The van der Waals surface area contributed by atoms with Crippen molar-refractivity contribution in [3.05, 3.63) is 65.3 Å². The zero-order valence-electron chi connectivity index (χ0n) is 24.3. The number of hydrogen-bond donors (Lipinski definition) is 2. The fourth-order valence-electron chi connectivity index (χ4n) is 3.89. The lowest BCUT2D eigenvalue weighted by Gasteiger charge is -2.21. The minimum atomic E-state index is -3.09. The maximum atomic E-state index is 13.8. The molecule has 3 aromatic rings. The molecule has 1 saturated carbocycles. The molecule has 224 valence electrons. The van der Waals surface area contributed by atoms with Crippen LogP contribution in [0, 0.1) is 5.13 Å². The molecule has 0 aliphatic heterocycles. The van der Waals surface area contributed by atoms with Gasteiger partial charge >= 0.3 is 12.2 Å². The summed E-state index contributed by atoms with van der Waals surface area (Å²) in [5.74, 6) is -0.509. The third kappa shape index (κ3) is 8.16. The minimum absolute atomic E-state index is 0.240. The lowest BCUT2D eigenvalue weighted by Crippen LogP contribution is -2.27. The van der Waals surface area contributed by atoms with E-state index in [2.05, 4.69) is 15.0 Å². The number of amides is 3. The highest BCUT2D eigenvalue weighted by Crippen LogP contribution is 2.37. The lowest BCUT2D eigenvalue weighted by molar-refractivity contribution is 0.0603. The molecule has 1 fully saturated rings. The van der Waals surface area contributed by atoms with Crippen molar-refractivity contribution in [1.29, 1.82) is 0 Å². The van der Waals surface area contributed by atoms with Crippen molar-refractivity contribution in [2.24, 2.45) is 4.36 Å². The average Bonchev–Trinajstić information content (AvgIpc) is 3.64. The first-order valence-electron chi connectivity index (χ1n) is 13.3. The molecule has 2 N–H and O–H groups in total. The van der Waals surface area contributed by atoms with Crippen molar-refractivity contribution >= 4 is 50.5 Å². The van der Waals surface area contributed by atoms with E-state index in [0.29, 0.717) is 28.2 Å². The van der Waals surface area contributed by atoms with Gasteiger partial charge in [0.15, 0.2) is 5.13 Å². The van der Waals surface area contributed by atoms with E-state index in [-0.39, 0.29) is 27.3 Å². The summed E-state index contributed by atoms with van der Waals surface area (Å²) in [5.41, 5.74) is -0.0931. The van der Waals surface area contributed by atoms with Gasteiger partial charge in [0.05, 0.1) is 21.1 Å². The molecule has 1 unspecified atom stereocenters. The Bertz CT molecular complexity index is 1620. The van der Waals surface area contributed by atoms with Gasteiger partial charge in [-0.3, -0.25) is 10.1 Å². The van der Waals surface area contributed by atoms with Crippen molar-refractivity contribution in [3.8, 4) is 10.4 Å². The van der Waals surface area contributed by atoms with Crippen molar-refractivity contribution in [1.82, 2.24) is 0 Å². The van der Waals surface area contributed by atoms with Crippen LogP contribution in [-0.2, 0) is 19.2 Å². The first-order valence-corrected chi connectivity index (χ1v) is 15.7. The average molecular weight is 616 g/mol. The number of rotatable bonds is 6. The van der Waals surface area contributed by atoms with Crippen LogP contribution >= 0.6 is 11.3 Å². The Morgan fingerprint density at radius 3 is 2.07 bits per heavy atom. The second-order valence-corrected chi connectivity index (χ2v) is 15.3. The number of benzene rings is 2. The molecule has 1 aliphatic carbocycles. The van der Waals surface area contributed by atoms with Gasteiger partial charge in [-0.2, -0.15) is 4.39 Å². The number of halogens is 1. The third-order valence-corrected chi connectivity index (χ3v) is 9.46. The Labute approximate surface area is 249 Å². The summed E-state index contributed by atoms with van der Waals surface area (Å²) in [4.78, 5) is 39.1. The van der Waals surface area contributed by atoms with E-state index in [1.165, 1.54) is 30.3 Å². The van der Waals surface area contributed by atoms with Crippen LogP contribution in [0.4, 0.5) is 25.4 Å². The number of carbonyl (C=O) groups excluding carboxylic acids is 3. The van der Waals surface area contributed by atoms with Gasteiger partial charge in [0, 0.05) is 20.6 Å². The Kier molecular flexibility index (Phi) is 8.79. The summed E-state index contributed by atoms with van der Waals surface area (Å²) in [6, 6.07) is 13.9. The van der Waals surface area contributed by atoms with Gasteiger partial charge in [-0.15, -0.1) is 15.7 Å². The first kappa shape index (κ1) is 31.2. The normalized spacial score (nSPS) is 14.8. The van der Waals surface area contributed by atoms with Gasteiger partial charge in [-0.05, 0) is 108 Å². The summed E-state index contributed by atoms with van der Waals surface area (Å²) in [6.45, 7) is 10.3. The Morgan fingerprint density at radius 1 is 0.881 bits per heavy atom. The Hall–Kier alpha value is -3.77. The molecule has 2 aromatic carbocycles. The van der Waals surface area contributed by atoms with Gasteiger partial charge in [-0.25, -0.2) is 13.8 Å². The molecule has 1 atom stereocenters. The second kappa shape index (κ2) is 11.8. The maximum absolute atomic E-state index is 13.8. The number of thiophene rings is 1. The fraction of sp³-hybridized carbons (Fsp3) is 0.367. The van der Waals surface area contributed by atoms with Crippen LogP contribution < -0.4 is 10.6 Å². The molecule has 1 heterocycles. The molecule has 42 heavy (non-hydrogen) atoms. The van der Waals surface area contributed by atoms with Gasteiger partial charge in [0.1, 0.15) is 11.2 Å². The number of anilines is 2. The predicted molar refractivity (Wildman–Crippen MR) is 162 cm³/mol. The number of ether oxygens (including phenoxy) is 2. The molecule has 3 amide bonds. The number of nitrogens with zero attached hydrogens (tertiary/aromatic N) is 1. The standard InChI is InChI=1S/C30H34FN3O6S2/c1-29(2,3)39-27(36)33-22-14-9-19(24-15-16-25(31)41-24)17-23(22)32-26(35)18-7-10-20(11-8-18)42(38,21-12-13-21)34-28(37)40-30(4,5)6/h7-11,14-17,21H,12-13H2,1-6H3,(H,32,35)(H,33,36). The van der Waals surface area contributed by atoms with Crippen molar-refractivity contribution in [2.45, 2.75) is 75.7 Å². The van der Waals surface area contributed by atoms with E-state index in [9.17, 15) is 23.0 Å². The highest BCUT2D eigenvalue weighted by molar-refractivity contribution is 7.94. The monoisotopic (exact) mass is 615 g/mol. The van der Waals surface area contributed by atoms with Crippen LogP contribution in [0.2, 0.25) is 0 Å². The van der Waals surface area contributed by atoms with Gasteiger partial charge < -0.3 is 14.8 Å². The molecule has 0 spiro atoms. The zero-order chi connectivity index (χ0) is 30.9. The van der Waals surface area contributed by atoms with E-state index in [0.717, 1.165) is 11.3 Å². The number of carbonyl (C=O) groups is 3. The maximum Gasteiger partial charge on any atom is 0.442 e. The fourth-order valence-corrected chi connectivity index (χ4v) is 6.81. The van der Waals surface area contributed by atoms with E-state index in [1.807, 2.05) is 0 Å². The first-order chi connectivity index (χ1) is 19.5. The van der Waals surface area contributed by atoms with Crippen LogP contribution in [0.25, 0.3) is 10.4 Å². The molecule has 9 nitrogen and oxygen atoms in total. The summed E-state index contributed by atoms with van der Waals surface area (Å²) >= 11 is 0.950. The van der Waals surface area contributed by atoms with Crippen molar-refractivity contribution in [2.75, 3.05) is 10.6 Å². The summed E-state index contributed by atoms with van der Waals surface area (Å²) in [7, 11) is -3.09. The van der Waals surface area contributed by atoms with E-state index >= 15 is 0 Å². The smallest absolute Gasteiger partial charge is 0.442 e. The molecule has 1 aliphatic rings. The molecule has 0 bridgehead atoms. The molecule has 1 aromatic heterocycles. The van der Waals surface area contributed by atoms with Crippen LogP contribution in [0.5, 0.6) is 0 Å². The summed E-state index contributed by atoms with van der Waals surface area (Å²) in [6.07, 6.45) is -0.256. The third-order valence-electron chi connectivity index (χ3n) is 5.80. The summed E-state index contributed by atoms with van der Waals surface area (Å²) < 4.78 is 42.1. The van der Waals surface area contributed by atoms with E-state index < -0.39 is 39.0 Å². The van der Waals surface area contributed by atoms with Crippen molar-refractivity contribution < 1.29 is 32.5 Å². The number of nitrogens with one attached hydrogen (secondary N) is 2. The van der Waals surface area contributed by atoms with Gasteiger partial charge in [0.2, 0.25) is 0 Å². The van der Waals surface area contributed by atoms with Gasteiger partial charge in [-0.1, -0.05) is 6.07 Å². The molecule has 12 heteroatoms. The molecule has 4 rings (SSSR count). The molecule has 0 radical (unpaired) electrons. The Morgan fingerprint density at radius 2 is 1.52 bits per heavy atom.